The second-order valence-electron chi connectivity index (χ2n) is 4.37. The molecule has 0 saturated carbocycles. The summed E-state index contributed by atoms with van der Waals surface area (Å²) < 4.78 is 82.3. The van der Waals surface area contributed by atoms with Crippen LogP contribution in [0.1, 0.15) is 17.5 Å². The van der Waals surface area contributed by atoms with Crippen LogP contribution in [0.4, 0.5) is 32.0 Å². The Kier molecular flexibility index (Phi) is 3.62. The summed E-state index contributed by atoms with van der Waals surface area (Å²) in [5.41, 5.74) is -3.83. The van der Waals surface area contributed by atoms with Crippen molar-refractivity contribution in [2.75, 3.05) is 18.6 Å². The van der Waals surface area contributed by atoms with Crippen molar-refractivity contribution in [1.29, 1.82) is 0 Å². The van der Waals surface area contributed by atoms with E-state index in [1.54, 1.807) is 0 Å². The molecule has 1 unspecified atom stereocenters. The highest BCUT2D eigenvalue weighted by Crippen LogP contribution is 2.46. The van der Waals surface area contributed by atoms with Gasteiger partial charge in [-0.2, -0.15) is 26.3 Å². The maximum Gasteiger partial charge on any atom is 0.418 e. The zero-order chi connectivity index (χ0) is 15.1. The summed E-state index contributed by atoms with van der Waals surface area (Å²) in [6, 6.07) is 2.44. The topological polar surface area (TPSA) is 12.5 Å². The third-order valence-electron chi connectivity index (χ3n) is 3.18. The van der Waals surface area contributed by atoms with Crippen molar-refractivity contribution in [3.63, 3.8) is 0 Å². The van der Waals surface area contributed by atoms with E-state index in [0.717, 1.165) is 12.1 Å². The molecule has 0 bridgehead atoms. The Morgan fingerprint density at radius 3 is 2.15 bits per heavy atom. The molecule has 1 aromatic carbocycles. The molecule has 1 saturated heterocycles. The zero-order valence-electron chi connectivity index (χ0n) is 10.3. The Morgan fingerprint density at radius 2 is 1.75 bits per heavy atom. The van der Waals surface area contributed by atoms with Crippen molar-refractivity contribution in [2.45, 2.75) is 25.0 Å². The van der Waals surface area contributed by atoms with Crippen LogP contribution in [0, 0.1) is 0 Å². The third-order valence-corrected chi connectivity index (χ3v) is 3.18. The fraction of sp³-hybridized carbons (Fsp3) is 0.500. The fourth-order valence-electron chi connectivity index (χ4n) is 2.20. The number of halogens is 6. The van der Waals surface area contributed by atoms with Gasteiger partial charge >= 0.3 is 12.4 Å². The lowest BCUT2D eigenvalue weighted by Gasteiger charge is -2.42. The maximum absolute atomic E-state index is 13.0. The van der Waals surface area contributed by atoms with Crippen LogP contribution in [-0.4, -0.2) is 19.9 Å². The fourth-order valence-corrected chi connectivity index (χ4v) is 2.20. The molecule has 1 heterocycles. The van der Waals surface area contributed by atoms with E-state index in [-0.39, 0.29) is 6.54 Å². The second-order valence-corrected chi connectivity index (χ2v) is 4.37. The average Bonchev–Trinajstić information content (AvgIpc) is 2.25. The van der Waals surface area contributed by atoms with Gasteiger partial charge in [-0.25, -0.2) is 0 Å². The number of hydrogen-bond acceptors (Lipinski definition) is 2. The molecule has 0 aliphatic carbocycles. The highest BCUT2D eigenvalue weighted by atomic mass is 19.4. The van der Waals surface area contributed by atoms with Crippen LogP contribution in [0.3, 0.4) is 0 Å². The Labute approximate surface area is 110 Å². The van der Waals surface area contributed by atoms with E-state index in [9.17, 15) is 26.3 Å². The summed E-state index contributed by atoms with van der Waals surface area (Å²) in [5.74, 6) is 0. The van der Waals surface area contributed by atoms with Gasteiger partial charge in [-0.05, 0) is 12.1 Å². The minimum atomic E-state index is -5.09. The second kappa shape index (κ2) is 4.83. The third kappa shape index (κ3) is 2.56. The summed E-state index contributed by atoms with van der Waals surface area (Å²) in [6.07, 6.45) is -10.3. The number of rotatable bonds is 2. The molecule has 0 amide bonds. The van der Waals surface area contributed by atoms with Gasteiger partial charge in [0.1, 0.15) is 6.23 Å². The molecular weight excluding hydrogens is 288 g/mol. The Morgan fingerprint density at radius 1 is 1.10 bits per heavy atom. The molecular formula is C12H11F6NO. The van der Waals surface area contributed by atoms with Crippen LogP contribution in [0.2, 0.25) is 0 Å². The quantitative estimate of drug-likeness (QED) is 0.768. The van der Waals surface area contributed by atoms with E-state index < -0.39 is 35.4 Å². The van der Waals surface area contributed by atoms with Gasteiger partial charge in [0.2, 0.25) is 0 Å². The largest absolute Gasteiger partial charge is 0.418 e. The van der Waals surface area contributed by atoms with E-state index in [1.807, 2.05) is 0 Å². The first-order chi connectivity index (χ1) is 9.16. The number of methoxy groups -OCH3 is 1. The van der Waals surface area contributed by atoms with E-state index in [4.69, 9.17) is 4.74 Å². The molecule has 0 radical (unpaired) electrons. The molecule has 8 heteroatoms. The van der Waals surface area contributed by atoms with Crippen LogP contribution >= 0.6 is 0 Å². The number of nitrogens with zero attached hydrogens (tertiary/aromatic N) is 1. The van der Waals surface area contributed by atoms with Crippen LogP contribution in [-0.2, 0) is 17.1 Å². The summed E-state index contributed by atoms with van der Waals surface area (Å²) in [7, 11) is 1.30. The number of alkyl halides is 6. The van der Waals surface area contributed by atoms with E-state index in [0.29, 0.717) is 12.5 Å². The van der Waals surface area contributed by atoms with Crippen molar-refractivity contribution in [3.8, 4) is 0 Å². The number of benzene rings is 1. The monoisotopic (exact) mass is 299 g/mol. The van der Waals surface area contributed by atoms with Gasteiger partial charge in [0.05, 0.1) is 16.8 Å². The van der Waals surface area contributed by atoms with Crippen molar-refractivity contribution < 1.29 is 31.1 Å². The molecule has 2 nitrogen and oxygen atoms in total. The molecule has 0 N–H and O–H groups in total. The molecule has 1 aliphatic rings. The molecule has 20 heavy (non-hydrogen) atoms. The molecule has 2 rings (SSSR count). The molecule has 1 aliphatic heterocycles. The van der Waals surface area contributed by atoms with Crippen LogP contribution in [0.5, 0.6) is 0 Å². The SMILES string of the molecule is COC1CCN1c1cccc(C(F)(F)F)c1C(F)(F)F. The number of hydrogen-bond donors (Lipinski definition) is 0. The Hall–Kier alpha value is -1.44. The van der Waals surface area contributed by atoms with Crippen LogP contribution in [0.15, 0.2) is 18.2 Å². The first kappa shape index (κ1) is 15.0. The zero-order valence-corrected chi connectivity index (χ0v) is 10.3. The molecule has 112 valence electrons. The highest BCUT2D eigenvalue weighted by Gasteiger charge is 2.47. The maximum atomic E-state index is 13.0. The first-order valence-corrected chi connectivity index (χ1v) is 5.73. The van der Waals surface area contributed by atoms with E-state index >= 15 is 0 Å². The lowest BCUT2D eigenvalue weighted by molar-refractivity contribution is -0.161. The van der Waals surface area contributed by atoms with Crippen molar-refractivity contribution in [3.05, 3.63) is 29.3 Å². The lowest BCUT2D eigenvalue weighted by atomic mass is 10.0. The van der Waals surface area contributed by atoms with Gasteiger partial charge in [0.25, 0.3) is 0 Å². The smallest absolute Gasteiger partial charge is 0.362 e. The normalized spacial score (nSPS) is 19.9. The van der Waals surface area contributed by atoms with Crippen LogP contribution < -0.4 is 4.90 Å². The number of anilines is 1. The molecule has 1 aromatic rings. The van der Waals surface area contributed by atoms with Crippen molar-refractivity contribution in [2.24, 2.45) is 0 Å². The van der Waals surface area contributed by atoms with Gasteiger partial charge in [0, 0.05) is 20.1 Å². The summed E-state index contributed by atoms with van der Waals surface area (Å²) in [5, 5.41) is 0. The van der Waals surface area contributed by atoms with Gasteiger partial charge in [-0.1, -0.05) is 6.07 Å². The minimum absolute atomic E-state index is 0.225. The predicted octanol–water partition coefficient (Wildman–Crippen LogP) is 3.91. The van der Waals surface area contributed by atoms with Gasteiger partial charge in [-0.3, -0.25) is 0 Å². The molecule has 1 atom stereocenters. The molecule has 1 fully saturated rings. The minimum Gasteiger partial charge on any atom is -0.362 e. The predicted molar refractivity (Wildman–Crippen MR) is 59.2 cm³/mol. The summed E-state index contributed by atoms with van der Waals surface area (Å²) in [6.45, 7) is 0.225. The average molecular weight is 299 g/mol. The molecule has 0 aromatic heterocycles. The summed E-state index contributed by atoms with van der Waals surface area (Å²) >= 11 is 0. The Balaban J connectivity index is 2.58. The van der Waals surface area contributed by atoms with Crippen LogP contribution in [0.25, 0.3) is 0 Å². The van der Waals surface area contributed by atoms with E-state index in [2.05, 4.69) is 0 Å². The van der Waals surface area contributed by atoms with Gasteiger partial charge in [-0.15, -0.1) is 0 Å². The van der Waals surface area contributed by atoms with Gasteiger partial charge in [0.15, 0.2) is 0 Å². The number of ether oxygens (including phenoxy) is 1. The van der Waals surface area contributed by atoms with Crippen molar-refractivity contribution in [1.82, 2.24) is 0 Å². The van der Waals surface area contributed by atoms with Gasteiger partial charge < -0.3 is 9.64 Å². The Bertz CT molecular complexity index is 494. The lowest BCUT2D eigenvalue weighted by Crippen LogP contribution is -2.49. The highest BCUT2D eigenvalue weighted by molar-refractivity contribution is 5.60. The standard InChI is InChI=1S/C12H11F6NO/c1-20-9-5-6-19(9)8-4-2-3-7(11(13,14)15)10(8)12(16,17)18/h2-4,9H,5-6H2,1H3. The summed E-state index contributed by atoms with van der Waals surface area (Å²) in [4.78, 5) is 1.18. The van der Waals surface area contributed by atoms with Crippen molar-refractivity contribution >= 4 is 5.69 Å². The molecule has 0 spiro atoms. The first-order valence-electron chi connectivity index (χ1n) is 5.73. The van der Waals surface area contributed by atoms with E-state index in [1.165, 1.54) is 12.0 Å².